The van der Waals surface area contributed by atoms with Crippen LogP contribution in [0.4, 0.5) is 4.79 Å². The highest BCUT2D eigenvalue weighted by atomic mass is 16.4. The number of rotatable bonds is 5. The third-order valence-electron chi connectivity index (χ3n) is 3.02. The molecule has 1 saturated heterocycles. The van der Waals surface area contributed by atoms with E-state index in [0.29, 0.717) is 19.5 Å². The molecule has 1 atom stereocenters. The summed E-state index contributed by atoms with van der Waals surface area (Å²) in [6, 6.07) is -1.27. The molecule has 0 aromatic carbocycles. The number of piperidine rings is 1. The Bertz CT molecular complexity index is 346. The Balaban J connectivity index is 2.42. The third kappa shape index (κ3) is 4.76. The summed E-state index contributed by atoms with van der Waals surface area (Å²) in [7, 11) is 0. The van der Waals surface area contributed by atoms with Crippen molar-refractivity contribution in [3.05, 3.63) is 0 Å². The lowest BCUT2D eigenvalue weighted by molar-refractivity contribution is -0.143. The fourth-order valence-electron chi connectivity index (χ4n) is 2.02. The number of hydrogen-bond acceptors (Lipinski definition) is 3. The van der Waals surface area contributed by atoms with Crippen LogP contribution in [0, 0.1) is 0 Å². The molecule has 1 rings (SSSR count). The second kappa shape index (κ2) is 7.60. The molecule has 0 aliphatic carbocycles. The van der Waals surface area contributed by atoms with Crippen molar-refractivity contribution in [2.75, 3.05) is 19.6 Å². The van der Waals surface area contributed by atoms with E-state index < -0.39 is 18.0 Å². The van der Waals surface area contributed by atoms with Gasteiger partial charge in [-0.05, 0) is 25.7 Å². The van der Waals surface area contributed by atoms with E-state index in [2.05, 4.69) is 10.6 Å². The molecule has 7 heteroatoms. The van der Waals surface area contributed by atoms with Gasteiger partial charge in [0.05, 0.1) is 6.54 Å². The average molecular weight is 271 g/mol. The summed E-state index contributed by atoms with van der Waals surface area (Å²) in [6.45, 7) is 2.79. The lowest BCUT2D eigenvalue weighted by Crippen LogP contribution is -2.53. The Morgan fingerprint density at radius 2 is 2.00 bits per heavy atom. The quantitative estimate of drug-likeness (QED) is 0.663. The predicted molar refractivity (Wildman–Crippen MR) is 68.7 cm³/mol. The Kier molecular flexibility index (Phi) is 6.11. The van der Waals surface area contributed by atoms with E-state index in [0.717, 1.165) is 19.3 Å². The van der Waals surface area contributed by atoms with Crippen molar-refractivity contribution >= 4 is 17.9 Å². The van der Waals surface area contributed by atoms with Crippen LogP contribution in [-0.2, 0) is 9.59 Å². The van der Waals surface area contributed by atoms with Crippen molar-refractivity contribution in [1.29, 1.82) is 0 Å². The summed E-state index contributed by atoms with van der Waals surface area (Å²) in [5.41, 5.74) is 0. The summed E-state index contributed by atoms with van der Waals surface area (Å²) in [5, 5.41) is 14.1. The molecule has 1 unspecified atom stereocenters. The van der Waals surface area contributed by atoms with E-state index in [9.17, 15) is 14.4 Å². The van der Waals surface area contributed by atoms with Crippen molar-refractivity contribution < 1.29 is 19.5 Å². The molecule has 108 valence electrons. The number of likely N-dealkylation sites (tertiary alicyclic amines) is 1. The minimum absolute atomic E-state index is 0.123. The van der Waals surface area contributed by atoms with Gasteiger partial charge in [0.1, 0.15) is 6.04 Å². The minimum atomic E-state index is -0.995. The highest BCUT2D eigenvalue weighted by Crippen LogP contribution is 2.16. The van der Waals surface area contributed by atoms with Crippen molar-refractivity contribution in [2.45, 2.75) is 38.6 Å². The monoisotopic (exact) mass is 271 g/mol. The van der Waals surface area contributed by atoms with Gasteiger partial charge in [-0.25, -0.2) is 9.59 Å². The Morgan fingerprint density at radius 1 is 1.26 bits per heavy atom. The van der Waals surface area contributed by atoms with Crippen LogP contribution in [0.25, 0.3) is 0 Å². The number of amides is 3. The van der Waals surface area contributed by atoms with E-state index in [1.54, 1.807) is 0 Å². The molecular formula is C12H21N3O4. The fraction of sp³-hybridized carbons (Fsp3) is 0.750. The zero-order valence-corrected chi connectivity index (χ0v) is 11.1. The normalized spacial score (nSPS) is 18.8. The highest BCUT2D eigenvalue weighted by Gasteiger charge is 2.31. The van der Waals surface area contributed by atoms with Gasteiger partial charge in [-0.15, -0.1) is 0 Å². The summed E-state index contributed by atoms with van der Waals surface area (Å²) in [6.07, 6.45) is 2.88. The smallest absolute Gasteiger partial charge is 0.326 e. The molecule has 0 saturated carbocycles. The van der Waals surface area contributed by atoms with Gasteiger partial charge < -0.3 is 20.6 Å². The van der Waals surface area contributed by atoms with Crippen LogP contribution in [0.5, 0.6) is 0 Å². The SMILES string of the molecule is CCCNC(=O)CNC(=O)N1CCCCC1C(=O)O. The number of aliphatic carboxylic acids is 1. The molecule has 7 nitrogen and oxygen atoms in total. The van der Waals surface area contributed by atoms with Gasteiger partial charge in [0, 0.05) is 13.1 Å². The van der Waals surface area contributed by atoms with Crippen LogP contribution >= 0.6 is 0 Å². The molecule has 0 bridgehead atoms. The van der Waals surface area contributed by atoms with Gasteiger partial charge in [-0.1, -0.05) is 6.92 Å². The average Bonchev–Trinajstić information content (AvgIpc) is 2.42. The number of nitrogens with one attached hydrogen (secondary N) is 2. The maximum Gasteiger partial charge on any atom is 0.326 e. The molecule has 0 aromatic heterocycles. The lowest BCUT2D eigenvalue weighted by Gasteiger charge is -2.32. The maximum absolute atomic E-state index is 11.9. The topological polar surface area (TPSA) is 98.7 Å². The third-order valence-corrected chi connectivity index (χ3v) is 3.02. The predicted octanol–water partition coefficient (Wildman–Crippen LogP) is 0.161. The molecule has 0 spiro atoms. The van der Waals surface area contributed by atoms with Crippen molar-refractivity contribution in [2.24, 2.45) is 0 Å². The zero-order chi connectivity index (χ0) is 14.3. The molecule has 1 heterocycles. The lowest BCUT2D eigenvalue weighted by atomic mass is 10.0. The van der Waals surface area contributed by atoms with Gasteiger partial charge in [-0.2, -0.15) is 0 Å². The molecule has 0 aromatic rings. The summed E-state index contributed by atoms with van der Waals surface area (Å²) in [5.74, 6) is -1.26. The van der Waals surface area contributed by atoms with Crippen LogP contribution in [0.15, 0.2) is 0 Å². The molecule has 19 heavy (non-hydrogen) atoms. The van der Waals surface area contributed by atoms with Crippen molar-refractivity contribution in [3.63, 3.8) is 0 Å². The standard InChI is InChI=1S/C12H21N3O4/c1-2-6-13-10(16)8-14-12(19)15-7-4-3-5-9(15)11(17)18/h9H,2-8H2,1H3,(H,13,16)(H,14,19)(H,17,18). The molecule has 1 fully saturated rings. The molecule has 3 N–H and O–H groups in total. The Morgan fingerprint density at radius 3 is 2.63 bits per heavy atom. The van der Waals surface area contributed by atoms with E-state index >= 15 is 0 Å². The largest absolute Gasteiger partial charge is 0.480 e. The van der Waals surface area contributed by atoms with Gasteiger partial charge >= 0.3 is 12.0 Å². The number of carbonyl (C=O) groups excluding carboxylic acids is 2. The van der Waals surface area contributed by atoms with Gasteiger partial charge in [0.2, 0.25) is 5.91 Å². The van der Waals surface area contributed by atoms with Gasteiger partial charge in [0.15, 0.2) is 0 Å². The van der Waals surface area contributed by atoms with Crippen LogP contribution in [0.3, 0.4) is 0 Å². The first-order chi connectivity index (χ1) is 9.06. The molecule has 0 radical (unpaired) electrons. The number of carboxylic acids is 1. The minimum Gasteiger partial charge on any atom is -0.480 e. The summed E-state index contributed by atoms with van der Waals surface area (Å²) >= 11 is 0. The molecule has 3 amide bonds. The van der Waals surface area contributed by atoms with Gasteiger partial charge in [0.25, 0.3) is 0 Å². The van der Waals surface area contributed by atoms with Crippen LogP contribution in [0.1, 0.15) is 32.6 Å². The zero-order valence-electron chi connectivity index (χ0n) is 11.1. The van der Waals surface area contributed by atoms with Crippen molar-refractivity contribution in [3.8, 4) is 0 Å². The Hall–Kier alpha value is -1.79. The highest BCUT2D eigenvalue weighted by molar-refractivity contribution is 5.86. The van der Waals surface area contributed by atoms with E-state index in [4.69, 9.17) is 5.11 Å². The number of carbonyl (C=O) groups is 3. The second-order valence-electron chi connectivity index (χ2n) is 4.55. The van der Waals surface area contributed by atoms with Crippen LogP contribution < -0.4 is 10.6 Å². The summed E-state index contributed by atoms with van der Waals surface area (Å²) < 4.78 is 0. The first-order valence-corrected chi connectivity index (χ1v) is 6.60. The number of hydrogen-bond donors (Lipinski definition) is 3. The molecule has 1 aliphatic heterocycles. The second-order valence-corrected chi connectivity index (χ2v) is 4.55. The fourth-order valence-corrected chi connectivity index (χ4v) is 2.02. The summed E-state index contributed by atoms with van der Waals surface area (Å²) in [4.78, 5) is 35.5. The van der Waals surface area contributed by atoms with E-state index in [1.165, 1.54) is 4.90 Å². The van der Waals surface area contributed by atoms with Gasteiger partial charge in [-0.3, -0.25) is 4.79 Å². The first kappa shape index (κ1) is 15.3. The van der Waals surface area contributed by atoms with E-state index in [1.807, 2.05) is 6.92 Å². The number of urea groups is 1. The van der Waals surface area contributed by atoms with Crippen LogP contribution in [0.2, 0.25) is 0 Å². The van der Waals surface area contributed by atoms with Crippen molar-refractivity contribution in [1.82, 2.24) is 15.5 Å². The molecular weight excluding hydrogens is 250 g/mol. The Labute approximate surface area is 112 Å². The maximum atomic E-state index is 11.9. The molecule has 1 aliphatic rings. The van der Waals surface area contributed by atoms with E-state index in [-0.39, 0.29) is 12.5 Å². The number of carboxylic acid groups (broad SMARTS) is 1. The first-order valence-electron chi connectivity index (χ1n) is 6.60. The van der Waals surface area contributed by atoms with Crippen LogP contribution in [-0.4, -0.2) is 53.6 Å². The number of nitrogens with zero attached hydrogens (tertiary/aromatic N) is 1.